The maximum absolute atomic E-state index is 13.2. The average Bonchev–Trinajstić information content (AvgIpc) is 3.12. The van der Waals surface area contributed by atoms with Gasteiger partial charge in [-0.3, -0.25) is 4.79 Å². The first kappa shape index (κ1) is 45.9. The Bertz CT molecular complexity index is 863. The van der Waals surface area contributed by atoms with E-state index >= 15 is 0 Å². The zero-order valence-corrected chi connectivity index (χ0v) is 33.0. The van der Waals surface area contributed by atoms with E-state index in [0.29, 0.717) is 19.1 Å². The molecule has 1 atom stereocenters. The van der Waals surface area contributed by atoms with Crippen LogP contribution in [0.5, 0.6) is 0 Å². The Balaban J connectivity index is 0.0000120. The highest BCUT2D eigenvalue weighted by atomic mass is 35.5. The van der Waals surface area contributed by atoms with Gasteiger partial charge in [-0.1, -0.05) is 167 Å². The minimum atomic E-state index is -0.105. The van der Waals surface area contributed by atoms with E-state index in [2.05, 4.69) is 36.6 Å². The third kappa shape index (κ3) is 25.5. The Kier molecular flexibility index (Phi) is 31.8. The molecule has 286 valence electrons. The van der Waals surface area contributed by atoms with Crippen LogP contribution in [0, 0.1) is 0 Å². The molecule has 1 aromatic carbocycles. The molecule has 5 nitrogen and oxygen atoms in total. The van der Waals surface area contributed by atoms with E-state index in [0.717, 1.165) is 57.6 Å². The van der Waals surface area contributed by atoms with Gasteiger partial charge in [0.05, 0.1) is 12.7 Å². The number of carbonyl (C=O) groups is 1. The highest BCUT2D eigenvalue weighted by molar-refractivity contribution is 5.94. The van der Waals surface area contributed by atoms with Gasteiger partial charge in [0, 0.05) is 25.3 Å². The quantitative estimate of drug-likeness (QED) is 0.0714. The number of amides is 1. The van der Waals surface area contributed by atoms with Gasteiger partial charge >= 0.3 is 0 Å². The van der Waals surface area contributed by atoms with Gasteiger partial charge in [-0.05, 0) is 62.4 Å². The van der Waals surface area contributed by atoms with Gasteiger partial charge in [0.1, 0.15) is 0 Å². The number of ether oxygens (including phenoxy) is 2. The minimum absolute atomic E-state index is 0. The number of benzene rings is 1. The van der Waals surface area contributed by atoms with Gasteiger partial charge in [-0.25, -0.2) is 0 Å². The molecular weight excluding hydrogens is 628 g/mol. The first-order valence-corrected chi connectivity index (χ1v) is 21.0. The zero-order chi connectivity index (χ0) is 34.2. The average molecular weight is 708 g/mol. The second kappa shape index (κ2) is 34.0. The van der Waals surface area contributed by atoms with Crippen LogP contribution in [0.25, 0.3) is 0 Å². The number of halogens is 1. The summed E-state index contributed by atoms with van der Waals surface area (Å²) in [7, 11) is 0. The number of nitrogens with one attached hydrogen (secondary N) is 2. The van der Waals surface area contributed by atoms with Crippen molar-refractivity contribution >= 4 is 18.3 Å². The van der Waals surface area contributed by atoms with Crippen molar-refractivity contribution in [2.75, 3.05) is 39.5 Å². The topological polar surface area (TPSA) is 59.6 Å². The molecular formula is C43H79ClN2O3. The molecule has 0 saturated carbocycles. The van der Waals surface area contributed by atoms with E-state index in [1.54, 1.807) is 0 Å². The van der Waals surface area contributed by atoms with Crippen molar-refractivity contribution in [3.63, 3.8) is 0 Å². The molecule has 49 heavy (non-hydrogen) atoms. The molecule has 1 aliphatic heterocycles. The lowest BCUT2D eigenvalue weighted by atomic mass is 9.89. The van der Waals surface area contributed by atoms with Gasteiger partial charge in [0.2, 0.25) is 0 Å². The zero-order valence-electron chi connectivity index (χ0n) is 32.2. The second-order valence-corrected chi connectivity index (χ2v) is 14.7. The Labute approximate surface area is 310 Å². The molecule has 1 aromatic rings. The SMILES string of the molecule is CCCCCCCCCCCCCCOCC(CNC(=O)c1cccc(C2CCNCC2)c1)OCCCCCCCCCCCCCC.Cl. The number of rotatable bonds is 33. The predicted molar refractivity (Wildman–Crippen MR) is 214 cm³/mol. The summed E-state index contributed by atoms with van der Waals surface area (Å²) in [6.45, 7) is 9.24. The van der Waals surface area contributed by atoms with Crippen LogP contribution in [-0.2, 0) is 9.47 Å². The molecule has 0 bridgehead atoms. The summed E-state index contributed by atoms with van der Waals surface area (Å²) in [4.78, 5) is 13.2. The summed E-state index contributed by atoms with van der Waals surface area (Å²) in [5.41, 5.74) is 2.04. The number of piperidine rings is 1. The fraction of sp³-hybridized carbons (Fsp3) is 0.837. The van der Waals surface area contributed by atoms with Crippen LogP contribution in [-0.4, -0.2) is 51.5 Å². The van der Waals surface area contributed by atoms with Gasteiger partial charge in [-0.2, -0.15) is 0 Å². The van der Waals surface area contributed by atoms with Crippen molar-refractivity contribution in [3.8, 4) is 0 Å². The lowest BCUT2D eigenvalue weighted by Gasteiger charge is -2.23. The van der Waals surface area contributed by atoms with Crippen molar-refractivity contribution in [1.29, 1.82) is 0 Å². The van der Waals surface area contributed by atoms with Crippen LogP contribution >= 0.6 is 12.4 Å². The van der Waals surface area contributed by atoms with Crippen LogP contribution in [0.3, 0.4) is 0 Å². The molecule has 0 aliphatic carbocycles. The Hall–Kier alpha value is -1.14. The van der Waals surface area contributed by atoms with Crippen LogP contribution in [0.4, 0.5) is 0 Å². The summed E-state index contributed by atoms with van der Waals surface area (Å²) >= 11 is 0. The molecule has 1 aliphatic rings. The third-order valence-corrected chi connectivity index (χ3v) is 10.2. The highest BCUT2D eigenvalue weighted by Crippen LogP contribution is 2.25. The molecule has 1 saturated heterocycles. The predicted octanol–water partition coefficient (Wildman–Crippen LogP) is 12.1. The summed E-state index contributed by atoms with van der Waals surface area (Å²) in [6, 6.07) is 8.24. The minimum Gasteiger partial charge on any atom is -0.379 e. The van der Waals surface area contributed by atoms with Gasteiger partial charge in [0.15, 0.2) is 0 Å². The van der Waals surface area contributed by atoms with Crippen molar-refractivity contribution in [1.82, 2.24) is 10.6 Å². The van der Waals surface area contributed by atoms with Gasteiger partial charge in [0.25, 0.3) is 5.91 Å². The fourth-order valence-corrected chi connectivity index (χ4v) is 7.02. The third-order valence-electron chi connectivity index (χ3n) is 10.2. The fourth-order valence-electron chi connectivity index (χ4n) is 7.02. The standard InChI is InChI=1S/C43H78N2O3.ClH/c1-3-5-7-9-11-13-15-17-19-21-23-25-34-47-38-42(48-35-26-24-22-20-18-16-14-12-10-8-6-4-2)37-45-43(46)41-29-27-28-40(36-41)39-30-32-44-33-31-39;/h27-29,36,39,42,44H,3-26,30-35,37-38H2,1-2H3,(H,45,46);1H. The summed E-state index contributed by atoms with van der Waals surface area (Å²) in [5.74, 6) is 0.532. The maximum Gasteiger partial charge on any atom is 0.251 e. The Morgan fingerprint density at radius 2 is 1.16 bits per heavy atom. The van der Waals surface area contributed by atoms with E-state index < -0.39 is 0 Å². The van der Waals surface area contributed by atoms with Gasteiger partial charge in [-0.15, -0.1) is 12.4 Å². The number of carbonyl (C=O) groups excluding carboxylic acids is 1. The molecule has 0 radical (unpaired) electrons. The monoisotopic (exact) mass is 707 g/mol. The molecule has 0 aromatic heterocycles. The van der Waals surface area contributed by atoms with E-state index in [4.69, 9.17) is 9.47 Å². The molecule has 1 unspecified atom stereocenters. The van der Waals surface area contributed by atoms with Crippen LogP contribution < -0.4 is 10.6 Å². The normalized spacial score (nSPS) is 14.1. The van der Waals surface area contributed by atoms with Crippen LogP contribution in [0.1, 0.15) is 203 Å². The van der Waals surface area contributed by atoms with E-state index in [1.807, 2.05) is 12.1 Å². The van der Waals surface area contributed by atoms with Crippen molar-refractivity contribution in [3.05, 3.63) is 35.4 Å². The largest absolute Gasteiger partial charge is 0.379 e. The van der Waals surface area contributed by atoms with Crippen LogP contribution in [0.2, 0.25) is 0 Å². The Morgan fingerprint density at radius 1 is 0.694 bits per heavy atom. The number of hydrogen-bond acceptors (Lipinski definition) is 4. The number of hydrogen-bond donors (Lipinski definition) is 2. The molecule has 1 fully saturated rings. The first-order chi connectivity index (χ1) is 23.7. The number of unbranched alkanes of at least 4 members (excludes halogenated alkanes) is 22. The van der Waals surface area contributed by atoms with Crippen molar-refractivity contribution in [2.45, 2.75) is 193 Å². The molecule has 1 heterocycles. The highest BCUT2D eigenvalue weighted by Gasteiger charge is 2.18. The van der Waals surface area contributed by atoms with E-state index in [-0.39, 0.29) is 24.4 Å². The smallest absolute Gasteiger partial charge is 0.251 e. The van der Waals surface area contributed by atoms with E-state index in [9.17, 15) is 4.79 Å². The molecule has 0 spiro atoms. The van der Waals surface area contributed by atoms with Gasteiger partial charge < -0.3 is 20.1 Å². The first-order valence-electron chi connectivity index (χ1n) is 21.0. The summed E-state index contributed by atoms with van der Waals surface area (Å²) in [5, 5.41) is 6.61. The summed E-state index contributed by atoms with van der Waals surface area (Å²) in [6.07, 6.45) is 34.4. The van der Waals surface area contributed by atoms with Crippen LogP contribution in [0.15, 0.2) is 24.3 Å². The Morgan fingerprint density at radius 3 is 1.67 bits per heavy atom. The molecule has 1 amide bonds. The van der Waals surface area contributed by atoms with Crippen molar-refractivity contribution < 1.29 is 14.3 Å². The summed E-state index contributed by atoms with van der Waals surface area (Å²) < 4.78 is 12.4. The van der Waals surface area contributed by atoms with Crippen molar-refractivity contribution in [2.24, 2.45) is 0 Å². The lowest BCUT2D eigenvalue weighted by molar-refractivity contribution is -0.0170. The molecule has 2 N–H and O–H groups in total. The molecule has 6 heteroatoms. The second-order valence-electron chi connectivity index (χ2n) is 14.7. The van der Waals surface area contributed by atoms with E-state index in [1.165, 1.54) is 147 Å². The molecule has 2 rings (SSSR count). The maximum atomic E-state index is 13.2. The lowest BCUT2D eigenvalue weighted by Crippen LogP contribution is -2.36.